The second-order valence-electron chi connectivity index (χ2n) is 3.58. The van der Waals surface area contributed by atoms with Crippen molar-refractivity contribution >= 4 is 23.2 Å². The Morgan fingerprint density at radius 3 is 2.61 bits per heavy atom. The molecule has 0 fully saturated rings. The fourth-order valence-corrected chi connectivity index (χ4v) is 1.66. The van der Waals surface area contributed by atoms with Crippen LogP contribution in [0.25, 0.3) is 0 Å². The van der Waals surface area contributed by atoms with Gasteiger partial charge in [0.25, 0.3) is 0 Å². The van der Waals surface area contributed by atoms with Gasteiger partial charge in [0.15, 0.2) is 5.75 Å². The summed E-state index contributed by atoms with van der Waals surface area (Å²) in [4.78, 5) is 8.18. The van der Waals surface area contributed by atoms with Crippen molar-refractivity contribution in [2.24, 2.45) is 0 Å². The number of nitrogens with one attached hydrogen (secondary N) is 1. The summed E-state index contributed by atoms with van der Waals surface area (Å²) >= 11 is 11.8. The summed E-state index contributed by atoms with van der Waals surface area (Å²) in [6.07, 6.45) is 3.38. The van der Waals surface area contributed by atoms with Crippen molar-refractivity contribution in [3.63, 3.8) is 0 Å². The Balaban J connectivity index is 2.15. The van der Waals surface area contributed by atoms with Gasteiger partial charge in [-0.3, -0.25) is 0 Å². The predicted octanol–water partition coefficient (Wildman–Crippen LogP) is 3.30. The summed E-state index contributed by atoms with van der Waals surface area (Å²) in [7, 11) is 1.86. The predicted molar refractivity (Wildman–Crippen MR) is 71.3 cm³/mol. The molecule has 18 heavy (non-hydrogen) atoms. The van der Waals surface area contributed by atoms with Crippen molar-refractivity contribution in [1.82, 2.24) is 15.3 Å². The number of rotatable bonds is 4. The molecule has 1 aromatic heterocycles. The summed E-state index contributed by atoms with van der Waals surface area (Å²) in [5, 5.41) is 4.01. The Kier molecular flexibility index (Phi) is 4.36. The highest BCUT2D eigenvalue weighted by Gasteiger charge is 2.06. The molecule has 2 aromatic rings. The van der Waals surface area contributed by atoms with Crippen LogP contribution in [-0.2, 0) is 6.54 Å². The van der Waals surface area contributed by atoms with Gasteiger partial charge in [0.1, 0.15) is 0 Å². The van der Waals surface area contributed by atoms with Crippen LogP contribution in [0, 0.1) is 0 Å². The van der Waals surface area contributed by atoms with Gasteiger partial charge in [-0.05, 0) is 19.2 Å². The molecular formula is C12H11Cl2N3O. The molecule has 0 atom stereocenters. The van der Waals surface area contributed by atoms with Gasteiger partial charge in [-0.15, -0.1) is 0 Å². The van der Waals surface area contributed by atoms with E-state index < -0.39 is 0 Å². The summed E-state index contributed by atoms with van der Waals surface area (Å²) in [5.41, 5.74) is 0.974. The van der Waals surface area contributed by atoms with Crippen molar-refractivity contribution in [2.75, 3.05) is 7.05 Å². The zero-order valence-electron chi connectivity index (χ0n) is 9.65. The Morgan fingerprint density at radius 2 is 1.94 bits per heavy atom. The third-order valence-corrected chi connectivity index (χ3v) is 2.70. The van der Waals surface area contributed by atoms with Crippen molar-refractivity contribution in [2.45, 2.75) is 6.54 Å². The molecule has 94 valence electrons. The zero-order valence-corrected chi connectivity index (χ0v) is 11.2. The third kappa shape index (κ3) is 3.32. The maximum absolute atomic E-state index is 5.98. The average molecular weight is 284 g/mol. The molecule has 0 unspecified atom stereocenters. The summed E-state index contributed by atoms with van der Waals surface area (Å²) < 4.78 is 5.46. The fraction of sp³-hybridized carbons (Fsp3) is 0.167. The van der Waals surface area contributed by atoms with Crippen LogP contribution in [0.2, 0.25) is 10.0 Å². The van der Waals surface area contributed by atoms with Crippen molar-refractivity contribution < 1.29 is 4.74 Å². The van der Waals surface area contributed by atoms with Crippen LogP contribution >= 0.6 is 23.2 Å². The number of benzene rings is 1. The molecule has 1 N–H and O–H groups in total. The lowest BCUT2D eigenvalue weighted by atomic mass is 10.3. The van der Waals surface area contributed by atoms with Crippen LogP contribution in [0.3, 0.4) is 0 Å². The minimum Gasteiger partial charge on any atom is -0.423 e. The highest BCUT2D eigenvalue weighted by Crippen LogP contribution is 2.30. The molecule has 2 rings (SSSR count). The Bertz CT molecular complexity index is 531. The molecule has 0 amide bonds. The zero-order chi connectivity index (χ0) is 13.0. The molecule has 0 aliphatic carbocycles. The van der Waals surface area contributed by atoms with E-state index in [1.165, 1.54) is 0 Å². The largest absolute Gasteiger partial charge is 0.423 e. The number of hydrogen-bond donors (Lipinski definition) is 1. The van der Waals surface area contributed by atoms with E-state index in [1.807, 2.05) is 7.05 Å². The first-order chi connectivity index (χ1) is 8.69. The van der Waals surface area contributed by atoms with Gasteiger partial charge < -0.3 is 10.1 Å². The number of ether oxygens (including phenoxy) is 1. The Labute approximate surface area is 115 Å². The van der Waals surface area contributed by atoms with Gasteiger partial charge in [-0.2, -0.15) is 0 Å². The molecule has 0 aliphatic heterocycles. The molecule has 0 saturated heterocycles. The van der Waals surface area contributed by atoms with Gasteiger partial charge in [0.2, 0.25) is 0 Å². The van der Waals surface area contributed by atoms with Gasteiger partial charge in [0, 0.05) is 35.6 Å². The molecule has 0 aliphatic rings. The molecule has 0 radical (unpaired) electrons. The van der Waals surface area contributed by atoms with E-state index in [1.54, 1.807) is 30.6 Å². The highest BCUT2D eigenvalue weighted by atomic mass is 35.5. The molecule has 6 heteroatoms. The standard InChI is InChI=1S/C12H11Cl2N3O/c1-15-5-8-6-16-12(17-7-8)18-11-4-9(13)2-3-10(11)14/h2-4,6-7,15H,5H2,1H3. The van der Waals surface area contributed by atoms with Gasteiger partial charge in [-0.1, -0.05) is 23.2 Å². The number of hydrogen-bond acceptors (Lipinski definition) is 4. The highest BCUT2D eigenvalue weighted by molar-refractivity contribution is 6.34. The fourth-order valence-electron chi connectivity index (χ4n) is 1.34. The van der Waals surface area contributed by atoms with Crippen molar-refractivity contribution in [3.8, 4) is 11.8 Å². The molecule has 1 aromatic carbocycles. The van der Waals surface area contributed by atoms with Gasteiger partial charge >= 0.3 is 6.01 Å². The van der Waals surface area contributed by atoms with Gasteiger partial charge in [0.05, 0.1) is 5.02 Å². The molecule has 0 bridgehead atoms. The number of aromatic nitrogens is 2. The van der Waals surface area contributed by atoms with Crippen LogP contribution in [0.4, 0.5) is 0 Å². The SMILES string of the molecule is CNCc1cnc(Oc2cc(Cl)ccc2Cl)nc1. The second-order valence-corrected chi connectivity index (χ2v) is 4.42. The van der Waals surface area contributed by atoms with E-state index in [9.17, 15) is 0 Å². The van der Waals surface area contributed by atoms with Crippen molar-refractivity contribution in [1.29, 1.82) is 0 Å². The van der Waals surface area contributed by atoms with Gasteiger partial charge in [-0.25, -0.2) is 9.97 Å². The molecule has 4 nitrogen and oxygen atoms in total. The smallest absolute Gasteiger partial charge is 0.321 e. The van der Waals surface area contributed by atoms with E-state index in [0.29, 0.717) is 22.3 Å². The van der Waals surface area contributed by atoms with E-state index in [2.05, 4.69) is 15.3 Å². The lowest BCUT2D eigenvalue weighted by molar-refractivity contribution is 0.441. The van der Waals surface area contributed by atoms with E-state index in [0.717, 1.165) is 5.56 Å². The van der Waals surface area contributed by atoms with Crippen LogP contribution in [0.15, 0.2) is 30.6 Å². The van der Waals surface area contributed by atoms with Crippen LogP contribution < -0.4 is 10.1 Å². The summed E-state index contributed by atoms with van der Waals surface area (Å²) in [6.45, 7) is 0.707. The number of halogens is 2. The molecule has 0 spiro atoms. The Hall–Kier alpha value is -1.36. The summed E-state index contributed by atoms with van der Waals surface area (Å²) in [5.74, 6) is 0.436. The van der Waals surface area contributed by atoms with Crippen LogP contribution in [-0.4, -0.2) is 17.0 Å². The lowest BCUT2D eigenvalue weighted by Crippen LogP contribution is -2.06. The Morgan fingerprint density at radius 1 is 1.22 bits per heavy atom. The topological polar surface area (TPSA) is 47.0 Å². The monoisotopic (exact) mass is 283 g/mol. The van der Waals surface area contributed by atoms with E-state index in [4.69, 9.17) is 27.9 Å². The normalized spacial score (nSPS) is 10.4. The van der Waals surface area contributed by atoms with E-state index >= 15 is 0 Å². The third-order valence-electron chi connectivity index (χ3n) is 2.16. The average Bonchev–Trinajstić information content (AvgIpc) is 2.37. The minimum absolute atomic E-state index is 0.235. The van der Waals surface area contributed by atoms with Crippen LogP contribution in [0.1, 0.15) is 5.56 Å². The first-order valence-corrected chi connectivity index (χ1v) is 6.03. The first-order valence-electron chi connectivity index (χ1n) is 5.27. The van der Waals surface area contributed by atoms with E-state index in [-0.39, 0.29) is 6.01 Å². The summed E-state index contributed by atoms with van der Waals surface area (Å²) in [6, 6.07) is 5.20. The second kappa shape index (κ2) is 6.00. The first kappa shape index (κ1) is 13.1. The molecule has 0 saturated carbocycles. The molecule has 1 heterocycles. The maximum Gasteiger partial charge on any atom is 0.321 e. The maximum atomic E-state index is 5.98. The number of nitrogens with zero attached hydrogens (tertiary/aromatic N) is 2. The lowest BCUT2D eigenvalue weighted by Gasteiger charge is -2.06. The van der Waals surface area contributed by atoms with Crippen molar-refractivity contribution in [3.05, 3.63) is 46.2 Å². The van der Waals surface area contributed by atoms with Crippen LogP contribution in [0.5, 0.6) is 11.8 Å². The quantitative estimate of drug-likeness (QED) is 0.935. The minimum atomic E-state index is 0.235. The molecular weight excluding hydrogens is 273 g/mol.